The second-order valence-corrected chi connectivity index (χ2v) is 6.25. The van der Waals surface area contributed by atoms with Crippen LogP contribution in [0.3, 0.4) is 0 Å². The summed E-state index contributed by atoms with van der Waals surface area (Å²) in [5.41, 5.74) is 0. The normalized spacial score (nSPS) is 13.9. The molecule has 0 rings (SSSR count). The van der Waals surface area contributed by atoms with E-state index in [2.05, 4.69) is 6.92 Å². The van der Waals surface area contributed by atoms with Gasteiger partial charge in [-0.25, -0.2) is 0 Å². The SMILES string of the molecule is [CH2]CCCCCCCCCC(CCCC(F)(F)C(F)(F)F)C(=O)O. The van der Waals surface area contributed by atoms with Crippen LogP contribution in [0, 0.1) is 12.8 Å². The van der Waals surface area contributed by atoms with E-state index >= 15 is 0 Å². The highest BCUT2D eigenvalue weighted by Crippen LogP contribution is 2.39. The molecule has 1 unspecified atom stereocenters. The van der Waals surface area contributed by atoms with Gasteiger partial charge in [-0.2, -0.15) is 22.0 Å². The minimum atomic E-state index is -5.57. The molecule has 2 nitrogen and oxygen atoms in total. The van der Waals surface area contributed by atoms with Gasteiger partial charge in [0, 0.05) is 6.42 Å². The summed E-state index contributed by atoms with van der Waals surface area (Å²) in [4.78, 5) is 11.1. The Kier molecular flexibility index (Phi) is 11.2. The third-order valence-corrected chi connectivity index (χ3v) is 4.11. The van der Waals surface area contributed by atoms with E-state index in [9.17, 15) is 26.7 Å². The molecule has 7 heteroatoms. The Bertz CT molecular complexity index is 342. The number of carbonyl (C=O) groups is 1. The number of unbranched alkanes of at least 4 members (excludes halogenated alkanes) is 7. The van der Waals surface area contributed by atoms with Crippen molar-refractivity contribution >= 4 is 5.97 Å². The zero-order valence-electron chi connectivity index (χ0n) is 14.0. The lowest BCUT2D eigenvalue weighted by Crippen LogP contribution is -2.36. The Hall–Kier alpha value is -0.880. The topological polar surface area (TPSA) is 37.3 Å². The minimum Gasteiger partial charge on any atom is -0.481 e. The zero-order chi connectivity index (χ0) is 18.6. The zero-order valence-corrected chi connectivity index (χ0v) is 14.0. The maximum absolute atomic E-state index is 12.8. The molecule has 24 heavy (non-hydrogen) atoms. The number of halogens is 5. The Morgan fingerprint density at radius 1 is 0.833 bits per heavy atom. The van der Waals surface area contributed by atoms with Gasteiger partial charge in [-0.3, -0.25) is 4.79 Å². The number of alkyl halides is 5. The summed E-state index contributed by atoms with van der Waals surface area (Å²) in [5, 5.41) is 9.05. The van der Waals surface area contributed by atoms with Crippen molar-refractivity contribution in [3.63, 3.8) is 0 Å². The first-order valence-electron chi connectivity index (χ1n) is 8.58. The molecule has 0 saturated heterocycles. The van der Waals surface area contributed by atoms with E-state index in [-0.39, 0.29) is 6.42 Å². The van der Waals surface area contributed by atoms with Gasteiger partial charge in [-0.05, 0) is 19.3 Å². The van der Waals surface area contributed by atoms with Crippen molar-refractivity contribution in [3.05, 3.63) is 6.92 Å². The van der Waals surface area contributed by atoms with Crippen LogP contribution in [-0.2, 0) is 4.79 Å². The fourth-order valence-electron chi connectivity index (χ4n) is 2.55. The summed E-state index contributed by atoms with van der Waals surface area (Å²) in [6.07, 6.45) is 0.632. The number of rotatable bonds is 14. The molecule has 0 aromatic heterocycles. The second kappa shape index (κ2) is 11.6. The minimum absolute atomic E-state index is 0.148. The van der Waals surface area contributed by atoms with Crippen LogP contribution in [0.1, 0.15) is 77.0 Å². The van der Waals surface area contributed by atoms with Gasteiger partial charge < -0.3 is 5.11 Å². The van der Waals surface area contributed by atoms with Gasteiger partial charge in [0.15, 0.2) is 0 Å². The lowest BCUT2D eigenvalue weighted by atomic mass is 9.94. The summed E-state index contributed by atoms with van der Waals surface area (Å²) < 4.78 is 61.7. The van der Waals surface area contributed by atoms with Crippen molar-refractivity contribution in [2.24, 2.45) is 5.92 Å². The molecular formula is C17H28F5O2. The smallest absolute Gasteiger partial charge is 0.453 e. The summed E-state index contributed by atoms with van der Waals surface area (Å²) in [5.74, 6) is -6.72. The summed E-state index contributed by atoms with van der Waals surface area (Å²) in [6.45, 7) is 3.76. The highest BCUT2D eigenvalue weighted by molar-refractivity contribution is 5.69. The van der Waals surface area contributed by atoms with Crippen LogP contribution in [0.5, 0.6) is 0 Å². The molecule has 0 aliphatic heterocycles. The first-order chi connectivity index (χ1) is 11.1. The molecule has 0 aliphatic rings. The lowest BCUT2D eigenvalue weighted by molar-refractivity contribution is -0.284. The van der Waals surface area contributed by atoms with E-state index in [1.54, 1.807) is 0 Å². The van der Waals surface area contributed by atoms with Gasteiger partial charge in [0.05, 0.1) is 5.92 Å². The van der Waals surface area contributed by atoms with Crippen molar-refractivity contribution in [2.45, 2.75) is 89.1 Å². The standard InChI is InChI=1S/C17H28F5O2/c1-2-3-4-5-6-7-8-9-11-14(15(23)24)12-10-13-16(18,19)17(20,21)22/h14H,1-13H2,(H,23,24). The molecule has 0 fully saturated rings. The van der Waals surface area contributed by atoms with Crippen LogP contribution in [-0.4, -0.2) is 23.2 Å². The molecule has 0 saturated carbocycles. The molecule has 143 valence electrons. The highest BCUT2D eigenvalue weighted by Gasteiger charge is 2.56. The number of aliphatic carboxylic acids is 1. The van der Waals surface area contributed by atoms with Crippen LogP contribution in [0.4, 0.5) is 22.0 Å². The average Bonchev–Trinajstić information content (AvgIpc) is 2.46. The Morgan fingerprint density at radius 3 is 1.75 bits per heavy atom. The van der Waals surface area contributed by atoms with Gasteiger partial charge in [-0.1, -0.05) is 58.3 Å². The molecule has 0 spiro atoms. The van der Waals surface area contributed by atoms with Crippen molar-refractivity contribution in [1.82, 2.24) is 0 Å². The van der Waals surface area contributed by atoms with Gasteiger partial charge >= 0.3 is 18.1 Å². The fourth-order valence-corrected chi connectivity index (χ4v) is 2.55. The largest absolute Gasteiger partial charge is 0.481 e. The molecule has 1 atom stereocenters. The van der Waals surface area contributed by atoms with E-state index in [1.165, 1.54) is 0 Å². The van der Waals surface area contributed by atoms with Crippen LogP contribution in [0.25, 0.3) is 0 Å². The van der Waals surface area contributed by atoms with Crippen molar-refractivity contribution in [3.8, 4) is 0 Å². The third-order valence-electron chi connectivity index (χ3n) is 4.11. The van der Waals surface area contributed by atoms with E-state index < -0.39 is 36.8 Å². The lowest BCUT2D eigenvalue weighted by Gasteiger charge is -2.20. The molecule has 0 heterocycles. The Balaban J connectivity index is 3.93. The van der Waals surface area contributed by atoms with Gasteiger partial charge in [0.25, 0.3) is 0 Å². The van der Waals surface area contributed by atoms with E-state index in [0.717, 1.165) is 44.9 Å². The number of hydrogen-bond donors (Lipinski definition) is 1. The van der Waals surface area contributed by atoms with E-state index in [1.807, 2.05) is 0 Å². The quantitative estimate of drug-likeness (QED) is 0.288. The van der Waals surface area contributed by atoms with Crippen molar-refractivity contribution < 1.29 is 31.9 Å². The summed E-state index contributed by atoms with van der Waals surface area (Å²) in [7, 11) is 0. The summed E-state index contributed by atoms with van der Waals surface area (Å²) in [6, 6.07) is 0. The molecule has 0 amide bonds. The van der Waals surface area contributed by atoms with Gasteiger partial charge in [0.1, 0.15) is 0 Å². The molecule has 0 aliphatic carbocycles. The first-order valence-corrected chi connectivity index (χ1v) is 8.58. The molecule has 0 bridgehead atoms. The van der Waals surface area contributed by atoms with E-state index in [4.69, 9.17) is 5.11 Å². The Labute approximate surface area is 140 Å². The average molecular weight is 359 g/mol. The monoisotopic (exact) mass is 359 g/mol. The number of carboxylic acids is 1. The number of hydrogen-bond acceptors (Lipinski definition) is 1. The maximum Gasteiger partial charge on any atom is 0.453 e. The predicted octanol–water partition coefficient (Wildman–Crippen LogP) is 6.40. The van der Waals surface area contributed by atoms with Crippen LogP contribution >= 0.6 is 0 Å². The summed E-state index contributed by atoms with van der Waals surface area (Å²) >= 11 is 0. The molecular weight excluding hydrogens is 331 g/mol. The Morgan fingerprint density at radius 2 is 1.29 bits per heavy atom. The fraction of sp³-hybridized carbons (Fsp3) is 0.882. The molecule has 0 aromatic carbocycles. The van der Waals surface area contributed by atoms with Gasteiger partial charge in [0.2, 0.25) is 0 Å². The molecule has 1 N–H and O–H groups in total. The van der Waals surface area contributed by atoms with Crippen molar-refractivity contribution in [2.75, 3.05) is 0 Å². The van der Waals surface area contributed by atoms with Gasteiger partial charge in [-0.15, -0.1) is 0 Å². The van der Waals surface area contributed by atoms with E-state index in [0.29, 0.717) is 12.8 Å². The van der Waals surface area contributed by atoms with Crippen molar-refractivity contribution in [1.29, 1.82) is 0 Å². The maximum atomic E-state index is 12.8. The second-order valence-electron chi connectivity index (χ2n) is 6.25. The molecule has 0 aromatic rings. The molecule has 1 radical (unpaired) electrons. The van der Waals surface area contributed by atoms with Crippen LogP contribution in [0.15, 0.2) is 0 Å². The highest BCUT2D eigenvalue weighted by atomic mass is 19.4. The van der Waals surface area contributed by atoms with Crippen LogP contribution < -0.4 is 0 Å². The van der Waals surface area contributed by atoms with Crippen LogP contribution in [0.2, 0.25) is 0 Å². The number of carboxylic acid groups (broad SMARTS) is 1. The third kappa shape index (κ3) is 10.1. The first kappa shape index (κ1) is 23.1. The predicted molar refractivity (Wildman–Crippen MR) is 82.9 cm³/mol.